The van der Waals surface area contributed by atoms with Crippen LogP contribution in [0.3, 0.4) is 0 Å². The Kier molecular flexibility index (Phi) is 7.22. The van der Waals surface area contributed by atoms with Crippen LogP contribution in [-0.4, -0.2) is 56.1 Å². The summed E-state index contributed by atoms with van der Waals surface area (Å²) < 4.78 is 18.7. The molecular weight excluding hydrogens is 441 g/mol. The summed E-state index contributed by atoms with van der Waals surface area (Å²) in [5.74, 6) is -1.79. The van der Waals surface area contributed by atoms with Crippen molar-refractivity contribution in [1.29, 1.82) is 0 Å². The van der Waals surface area contributed by atoms with Crippen LogP contribution in [0.15, 0.2) is 46.9 Å². The predicted molar refractivity (Wildman–Crippen MR) is 114 cm³/mol. The van der Waals surface area contributed by atoms with E-state index in [-0.39, 0.29) is 5.56 Å². The Labute approximate surface area is 177 Å². The van der Waals surface area contributed by atoms with Crippen LogP contribution < -0.4 is 10.2 Å². The van der Waals surface area contributed by atoms with Gasteiger partial charge in [-0.3, -0.25) is 4.79 Å². The van der Waals surface area contributed by atoms with Crippen molar-refractivity contribution < 1.29 is 18.7 Å². The summed E-state index contributed by atoms with van der Waals surface area (Å²) in [5.41, 5.74) is 1.76. The molecule has 1 fully saturated rings. The number of rotatable bonds is 6. The van der Waals surface area contributed by atoms with Crippen molar-refractivity contribution in [2.24, 2.45) is 0 Å². The lowest BCUT2D eigenvalue weighted by atomic mass is 10.2. The van der Waals surface area contributed by atoms with E-state index < -0.39 is 24.3 Å². The maximum atomic E-state index is 13.3. The number of nitrogens with one attached hydrogen (secondary N) is 1. The Hall–Kier alpha value is -2.45. The molecule has 0 radical (unpaired) electrons. The molecule has 6 nitrogen and oxygen atoms in total. The number of likely N-dealkylation sites (N-methyl/N-ethyl adjacent to an activating group) is 1. The van der Waals surface area contributed by atoms with Gasteiger partial charge in [0.05, 0.1) is 5.56 Å². The summed E-state index contributed by atoms with van der Waals surface area (Å²) in [4.78, 5) is 28.8. The van der Waals surface area contributed by atoms with Gasteiger partial charge in [-0.25, -0.2) is 9.18 Å². The van der Waals surface area contributed by atoms with E-state index in [0.717, 1.165) is 44.5 Å². The van der Waals surface area contributed by atoms with E-state index in [4.69, 9.17) is 4.74 Å². The molecule has 0 aliphatic carbocycles. The second kappa shape index (κ2) is 9.84. The van der Waals surface area contributed by atoms with Gasteiger partial charge in [-0.15, -0.1) is 0 Å². The maximum Gasteiger partial charge on any atom is 0.339 e. The standard InChI is InChI=1S/C21H23BrFN3O3/c1-2-25-9-11-26(12-10-25)17-6-4-16(5-7-17)24-20(27)14-29-21(28)18-13-15(23)3-8-19(18)22/h3-8,13H,2,9-12,14H2,1H3,(H,24,27). The zero-order chi connectivity index (χ0) is 20.8. The molecule has 3 rings (SSSR count). The number of anilines is 2. The number of benzene rings is 2. The third-order valence-corrected chi connectivity index (χ3v) is 5.51. The van der Waals surface area contributed by atoms with Crippen LogP contribution in [0.5, 0.6) is 0 Å². The van der Waals surface area contributed by atoms with Crippen molar-refractivity contribution in [2.75, 3.05) is 49.5 Å². The van der Waals surface area contributed by atoms with E-state index in [1.165, 1.54) is 12.1 Å². The fourth-order valence-electron chi connectivity index (χ4n) is 3.14. The van der Waals surface area contributed by atoms with Gasteiger partial charge in [-0.05, 0) is 64.9 Å². The second-order valence-electron chi connectivity index (χ2n) is 6.72. The first-order valence-corrected chi connectivity index (χ1v) is 10.2. The molecule has 8 heteroatoms. The lowest BCUT2D eigenvalue weighted by molar-refractivity contribution is -0.119. The first-order valence-electron chi connectivity index (χ1n) is 9.45. The van der Waals surface area contributed by atoms with Gasteiger partial charge in [0.1, 0.15) is 5.82 Å². The highest BCUT2D eigenvalue weighted by molar-refractivity contribution is 9.10. The van der Waals surface area contributed by atoms with Gasteiger partial charge < -0.3 is 19.9 Å². The Balaban J connectivity index is 1.49. The smallest absolute Gasteiger partial charge is 0.339 e. The van der Waals surface area contributed by atoms with E-state index in [1.54, 1.807) is 0 Å². The fourth-order valence-corrected chi connectivity index (χ4v) is 3.55. The third-order valence-electron chi connectivity index (χ3n) is 4.82. The normalized spacial score (nSPS) is 14.5. The van der Waals surface area contributed by atoms with Gasteiger partial charge in [-0.1, -0.05) is 6.92 Å². The molecule has 2 aromatic carbocycles. The van der Waals surface area contributed by atoms with Gasteiger partial charge >= 0.3 is 5.97 Å². The molecule has 0 aromatic heterocycles. The molecule has 1 heterocycles. The summed E-state index contributed by atoms with van der Waals surface area (Å²) >= 11 is 3.16. The molecule has 2 aromatic rings. The van der Waals surface area contributed by atoms with Crippen LogP contribution >= 0.6 is 15.9 Å². The van der Waals surface area contributed by atoms with Gasteiger partial charge in [0.25, 0.3) is 5.91 Å². The molecule has 1 aliphatic heterocycles. The molecule has 1 amide bonds. The number of amides is 1. The van der Waals surface area contributed by atoms with Gasteiger partial charge in [0.2, 0.25) is 0 Å². The Bertz CT molecular complexity index is 868. The van der Waals surface area contributed by atoms with Crippen LogP contribution in [0, 0.1) is 5.82 Å². The first-order chi connectivity index (χ1) is 14.0. The number of halogens is 2. The topological polar surface area (TPSA) is 61.9 Å². The van der Waals surface area contributed by atoms with Crippen molar-refractivity contribution in [1.82, 2.24) is 4.90 Å². The first kappa shape index (κ1) is 21.3. The number of esters is 1. The molecule has 29 heavy (non-hydrogen) atoms. The zero-order valence-electron chi connectivity index (χ0n) is 16.2. The monoisotopic (exact) mass is 463 g/mol. The zero-order valence-corrected chi connectivity index (χ0v) is 17.7. The van der Waals surface area contributed by atoms with Crippen molar-refractivity contribution in [3.63, 3.8) is 0 Å². The second-order valence-corrected chi connectivity index (χ2v) is 7.57. The van der Waals surface area contributed by atoms with Crippen molar-refractivity contribution in [2.45, 2.75) is 6.92 Å². The van der Waals surface area contributed by atoms with E-state index in [0.29, 0.717) is 10.2 Å². The van der Waals surface area contributed by atoms with E-state index in [2.05, 4.69) is 38.0 Å². The van der Waals surface area contributed by atoms with Gasteiger partial charge in [0, 0.05) is 42.0 Å². The van der Waals surface area contributed by atoms with Crippen LogP contribution in [-0.2, 0) is 9.53 Å². The number of nitrogens with zero attached hydrogens (tertiary/aromatic N) is 2. The summed E-state index contributed by atoms with van der Waals surface area (Å²) in [6.45, 7) is 6.82. The summed E-state index contributed by atoms with van der Waals surface area (Å²) in [6, 6.07) is 11.3. The Morgan fingerprint density at radius 3 is 2.45 bits per heavy atom. The highest BCUT2D eigenvalue weighted by atomic mass is 79.9. The molecule has 1 aliphatic rings. The van der Waals surface area contributed by atoms with E-state index in [9.17, 15) is 14.0 Å². The largest absolute Gasteiger partial charge is 0.452 e. The molecule has 1 saturated heterocycles. The van der Waals surface area contributed by atoms with E-state index in [1.807, 2.05) is 24.3 Å². The summed E-state index contributed by atoms with van der Waals surface area (Å²) in [7, 11) is 0. The minimum Gasteiger partial charge on any atom is -0.452 e. The van der Waals surface area contributed by atoms with Crippen LogP contribution in [0.4, 0.5) is 15.8 Å². The van der Waals surface area contributed by atoms with Crippen molar-refractivity contribution in [3.8, 4) is 0 Å². The number of carbonyl (C=O) groups is 2. The summed E-state index contributed by atoms with van der Waals surface area (Å²) in [6.07, 6.45) is 0. The quantitative estimate of drug-likeness (QED) is 0.663. The highest BCUT2D eigenvalue weighted by Crippen LogP contribution is 2.20. The molecule has 154 valence electrons. The van der Waals surface area contributed by atoms with Crippen molar-refractivity contribution in [3.05, 3.63) is 58.3 Å². The maximum absolute atomic E-state index is 13.3. The predicted octanol–water partition coefficient (Wildman–Crippen LogP) is 3.53. The minimum atomic E-state index is -0.770. The number of piperazine rings is 1. The Morgan fingerprint density at radius 2 is 1.79 bits per heavy atom. The number of carbonyl (C=O) groups excluding carboxylic acids is 2. The van der Waals surface area contributed by atoms with Crippen molar-refractivity contribution >= 4 is 39.2 Å². The molecule has 0 atom stereocenters. The lowest BCUT2D eigenvalue weighted by Gasteiger charge is -2.35. The SMILES string of the molecule is CCN1CCN(c2ccc(NC(=O)COC(=O)c3cc(F)ccc3Br)cc2)CC1. The van der Waals surface area contributed by atoms with Crippen LogP contribution in [0.1, 0.15) is 17.3 Å². The average molecular weight is 464 g/mol. The molecule has 0 spiro atoms. The Morgan fingerprint density at radius 1 is 1.10 bits per heavy atom. The third kappa shape index (κ3) is 5.77. The minimum absolute atomic E-state index is 0.0327. The number of hydrogen-bond acceptors (Lipinski definition) is 5. The number of ether oxygens (including phenoxy) is 1. The lowest BCUT2D eigenvalue weighted by Crippen LogP contribution is -2.46. The van der Waals surface area contributed by atoms with Gasteiger partial charge in [-0.2, -0.15) is 0 Å². The fraction of sp³-hybridized carbons (Fsp3) is 0.333. The molecule has 0 unspecified atom stereocenters. The number of hydrogen-bond donors (Lipinski definition) is 1. The molecule has 0 saturated carbocycles. The van der Waals surface area contributed by atoms with Crippen LogP contribution in [0.2, 0.25) is 0 Å². The van der Waals surface area contributed by atoms with Gasteiger partial charge in [0.15, 0.2) is 6.61 Å². The van der Waals surface area contributed by atoms with Crippen LogP contribution in [0.25, 0.3) is 0 Å². The van der Waals surface area contributed by atoms with E-state index >= 15 is 0 Å². The molecular formula is C21H23BrFN3O3. The summed E-state index contributed by atoms with van der Waals surface area (Å²) in [5, 5.41) is 2.69. The highest BCUT2D eigenvalue weighted by Gasteiger charge is 2.17. The average Bonchev–Trinajstić information content (AvgIpc) is 2.74. The molecule has 0 bridgehead atoms. The molecule has 1 N–H and O–H groups in total.